The normalized spacial score (nSPS) is 11.2. The van der Waals surface area contributed by atoms with Crippen molar-refractivity contribution in [1.29, 1.82) is 0 Å². The van der Waals surface area contributed by atoms with Crippen molar-refractivity contribution in [1.82, 2.24) is 5.43 Å². The monoisotopic (exact) mass is 508 g/mol. The van der Waals surface area contributed by atoms with Crippen LogP contribution in [-0.2, 0) is 10.4 Å². The maximum Gasteiger partial charge on any atom is 0.343 e. The van der Waals surface area contributed by atoms with Crippen LogP contribution in [0.3, 0.4) is 0 Å². The standard InChI is InChI=1S/C31H28N2O5/c1-3-37-28-20-23(16-19-27(28)38-29(34)24-17-14-22(2)15-18-24)21-32-33-30(35)31(36,25-10-6-4-7-11-25)26-12-8-5-9-13-26/h4-21,36H,3H2,1-2H3,(H,33,35)/b32-21+. The molecule has 2 N–H and O–H groups in total. The summed E-state index contributed by atoms with van der Waals surface area (Å²) >= 11 is 0. The third-order valence-corrected chi connectivity index (χ3v) is 5.85. The van der Waals surface area contributed by atoms with E-state index in [-0.39, 0.29) is 5.75 Å². The molecule has 38 heavy (non-hydrogen) atoms. The number of rotatable bonds is 9. The molecule has 0 bridgehead atoms. The van der Waals surface area contributed by atoms with Crippen LogP contribution < -0.4 is 14.9 Å². The molecule has 0 fully saturated rings. The molecule has 7 heteroatoms. The van der Waals surface area contributed by atoms with Crippen molar-refractivity contribution in [3.63, 3.8) is 0 Å². The summed E-state index contributed by atoms with van der Waals surface area (Å²) in [4.78, 5) is 25.8. The summed E-state index contributed by atoms with van der Waals surface area (Å²) in [5, 5.41) is 15.6. The summed E-state index contributed by atoms with van der Waals surface area (Å²) in [6.07, 6.45) is 1.42. The van der Waals surface area contributed by atoms with E-state index < -0.39 is 17.5 Å². The maximum atomic E-state index is 13.2. The van der Waals surface area contributed by atoms with E-state index >= 15 is 0 Å². The second kappa shape index (κ2) is 12.0. The van der Waals surface area contributed by atoms with Gasteiger partial charge in [0.05, 0.1) is 18.4 Å². The number of carbonyl (C=O) groups excluding carboxylic acids is 2. The Labute approximate surface area is 221 Å². The molecule has 0 aliphatic rings. The van der Waals surface area contributed by atoms with Crippen LogP contribution in [0, 0.1) is 6.92 Å². The maximum absolute atomic E-state index is 13.2. The quantitative estimate of drug-likeness (QED) is 0.144. The van der Waals surface area contributed by atoms with E-state index in [0.717, 1.165) is 5.56 Å². The van der Waals surface area contributed by atoms with Gasteiger partial charge in [0.1, 0.15) is 0 Å². The zero-order valence-electron chi connectivity index (χ0n) is 21.1. The molecule has 0 aromatic heterocycles. The molecule has 0 spiro atoms. The lowest BCUT2D eigenvalue weighted by Gasteiger charge is -2.27. The molecule has 4 rings (SSSR count). The van der Waals surface area contributed by atoms with E-state index in [1.54, 1.807) is 78.9 Å². The molecule has 0 aliphatic heterocycles. The highest BCUT2D eigenvalue weighted by molar-refractivity contribution is 5.92. The van der Waals surface area contributed by atoms with E-state index in [0.29, 0.717) is 34.6 Å². The van der Waals surface area contributed by atoms with Gasteiger partial charge in [0.25, 0.3) is 5.91 Å². The molecular weight excluding hydrogens is 480 g/mol. The van der Waals surface area contributed by atoms with Crippen molar-refractivity contribution in [2.45, 2.75) is 19.4 Å². The van der Waals surface area contributed by atoms with Crippen LogP contribution in [0.4, 0.5) is 0 Å². The van der Waals surface area contributed by atoms with Gasteiger partial charge in [-0.25, -0.2) is 10.2 Å². The molecule has 192 valence electrons. The van der Waals surface area contributed by atoms with Crippen molar-refractivity contribution in [3.8, 4) is 11.5 Å². The highest BCUT2D eigenvalue weighted by Crippen LogP contribution is 2.31. The van der Waals surface area contributed by atoms with Gasteiger partial charge in [-0.3, -0.25) is 4.79 Å². The number of aliphatic hydroxyl groups is 1. The van der Waals surface area contributed by atoms with Gasteiger partial charge in [-0.1, -0.05) is 78.4 Å². The zero-order chi connectivity index (χ0) is 27.0. The number of hydrogen-bond acceptors (Lipinski definition) is 6. The number of benzene rings is 4. The lowest BCUT2D eigenvalue weighted by molar-refractivity contribution is -0.136. The first kappa shape index (κ1) is 26.3. The third kappa shape index (κ3) is 5.96. The van der Waals surface area contributed by atoms with Gasteiger partial charge in [0.15, 0.2) is 17.1 Å². The van der Waals surface area contributed by atoms with Crippen LogP contribution in [0.5, 0.6) is 11.5 Å². The Morgan fingerprint density at radius 1 is 0.868 bits per heavy atom. The lowest BCUT2D eigenvalue weighted by Crippen LogP contribution is -2.43. The SMILES string of the molecule is CCOc1cc(/C=N/NC(=O)C(O)(c2ccccc2)c2ccccc2)ccc1OC(=O)c1ccc(C)cc1. The predicted molar refractivity (Wildman–Crippen MR) is 145 cm³/mol. The molecule has 0 saturated carbocycles. The smallest absolute Gasteiger partial charge is 0.343 e. The predicted octanol–water partition coefficient (Wildman–Crippen LogP) is 5.00. The molecule has 0 atom stereocenters. The van der Waals surface area contributed by atoms with Gasteiger partial charge < -0.3 is 14.6 Å². The number of amides is 1. The number of hydrazone groups is 1. The molecular formula is C31H28N2O5. The fourth-order valence-corrected chi connectivity index (χ4v) is 3.84. The number of esters is 1. The highest BCUT2D eigenvalue weighted by atomic mass is 16.6. The molecule has 1 amide bonds. The Morgan fingerprint density at radius 3 is 2.05 bits per heavy atom. The average molecular weight is 509 g/mol. The molecule has 0 heterocycles. The van der Waals surface area contributed by atoms with Crippen molar-refractivity contribution in [2.75, 3.05) is 6.61 Å². The first-order chi connectivity index (χ1) is 18.4. The Morgan fingerprint density at radius 2 is 1.47 bits per heavy atom. The Kier molecular flexibility index (Phi) is 8.30. The number of nitrogens with one attached hydrogen (secondary N) is 1. The molecule has 4 aromatic rings. The van der Waals surface area contributed by atoms with Crippen LogP contribution in [0.1, 0.15) is 39.5 Å². The topological polar surface area (TPSA) is 97.2 Å². The van der Waals surface area contributed by atoms with Crippen LogP contribution in [0.25, 0.3) is 0 Å². The number of aryl methyl sites for hydroxylation is 1. The molecule has 0 unspecified atom stereocenters. The minimum Gasteiger partial charge on any atom is -0.490 e. The molecule has 0 radical (unpaired) electrons. The third-order valence-electron chi connectivity index (χ3n) is 5.85. The first-order valence-electron chi connectivity index (χ1n) is 12.1. The van der Waals surface area contributed by atoms with Crippen LogP contribution in [0.2, 0.25) is 0 Å². The largest absolute Gasteiger partial charge is 0.490 e. The number of carbonyl (C=O) groups is 2. The molecule has 0 saturated heterocycles. The van der Waals surface area contributed by atoms with Gasteiger partial charge in [-0.2, -0.15) is 5.10 Å². The average Bonchev–Trinajstić information content (AvgIpc) is 2.95. The van der Waals surface area contributed by atoms with E-state index in [9.17, 15) is 14.7 Å². The van der Waals surface area contributed by atoms with E-state index in [4.69, 9.17) is 9.47 Å². The van der Waals surface area contributed by atoms with Gasteiger partial charge >= 0.3 is 5.97 Å². The number of nitrogens with zero attached hydrogens (tertiary/aromatic N) is 1. The van der Waals surface area contributed by atoms with Crippen molar-refractivity contribution in [2.24, 2.45) is 5.10 Å². The van der Waals surface area contributed by atoms with E-state index in [2.05, 4.69) is 10.5 Å². The fraction of sp³-hybridized carbons (Fsp3) is 0.129. The van der Waals surface area contributed by atoms with Crippen molar-refractivity contribution in [3.05, 3.63) is 131 Å². The second-order valence-corrected chi connectivity index (χ2v) is 8.54. The lowest BCUT2D eigenvalue weighted by atomic mass is 9.85. The van der Waals surface area contributed by atoms with Gasteiger partial charge in [0, 0.05) is 0 Å². The highest BCUT2D eigenvalue weighted by Gasteiger charge is 2.39. The van der Waals surface area contributed by atoms with Crippen molar-refractivity contribution >= 4 is 18.1 Å². The summed E-state index contributed by atoms with van der Waals surface area (Å²) in [6.45, 7) is 4.11. The first-order valence-corrected chi connectivity index (χ1v) is 12.1. The van der Waals surface area contributed by atoms with Gasteiger partial charge in [-0.05, 0) is 60.9 Å². The zero-order valence-corrected chi connectivity index (χ0v) is 21.1. The van der Waals surface area contributed by atoms with Crippen LogP contribution in [0.15, 0.2) is 108 Å². The summed E-state index contributed by atoms with van der Waals surface area (Å²) in [7, 11) is 0. The second-order valence-electron chi connectivity index (χ2n) is 8.54. The summed E-state index contributed by atoms with van der Waals surface area (Å²) in [5.41, 5.74) is 3.39. The van der Waals surface area contributed by atoms with E-state index in [1.165, 1.54) is 6.21 Å². The minimum absolute atomic E-state index is 0.265. The molecule has 4 aromatic carbocycles. The Hall–Kier alpha value is -4.75. The van der Waals surface area contributed by atoms with E-state index in [1.807, 2.05) is 38.1 Å². The Bertz CT molecular complexity index is 1380. The van der Waals surface area contributed by atoms with Crippen LogP contribution >= 0.6 is 0 Å². The summed E-state index contributed by atoms with van der Waals surface area (Å²) in [5.74, 6) is -0.588. The Balaban J connectivity index is 1.52. The fourth-order valence-electron chi connectivity index (χ4n) is 3.84. The molecule has 7 nitrogen and oxygen atoms in total. The molecule has 0 aliphatic carbocycles. The van der Waals surface area contributed by atoms with Gasteiger partial charge in [0.2, 0.25) is 0 Å². The summed E-state index contributed by atoms with van der Waals surface area (Å²) < 4.78 is 11.2. The van der Waals surface area contributed by atoms with Gasteiger partial charge in [-0.15, -0.1) is 0 Å². The van der Waals surface area contributed by atoms with Crippen LogP contribution in [-0.4, -0.2) is 29.8 Å². The summed E-state index contributed by atoms with van der Waals surface area (Å²) in [6, 6.07) is 29.4. The van der Waals surface area contributed by atoms with Crippen molar-refractivity contribution < 1.29 is 24.2 Å². The number of hydrogen-bond donors (Lipinski definition) is 2. The minimum atomic E-state index is -1.94. The number of ether oxygens (including phenoxy) is 2.